The number of unbranched alkanes of at least 4 members (excludes halogenated alkanes) is 1. The van der Waals surface area contributed by atoms with Crippen LogP contribution < -0.4 is 10.3 Å². The minimum Gasteiger partial charge on any atom is -0.490 e. The molecule has 0 spiro atoms. The smallest absolute Gasteiger partial charge is 0.275 e. The van der Waals surface area contributed by atoms with Crippen LogP contribution in [0.3, 0.4) is 0 Å². The molecule has 5 rings (SSSR count). The first-order valence-corrected chi connectivity index (χ1v) is 15.4. The van der Waals surface area contributed by atoms with Crippen molar-refractivity contribution in [3.63, 3.8) is 0 Å². The summed E-state index contributed by atoms with van der Waals surface area (Å²) in [4.78, 5) is 21.3. The van der Waals surface area contributed by atoms with Gasteiger partial charge in [-0.1, -0.05) is 45.5 Å². The number of benzene rings is 1. The lowest BCUT2D eigenvalue weighted by Crippen LogP contribution is -2.43. The average molecular weight is 548 g/mol. The van der Waals surface area contributed by atoms with Gasteiger partial charge in [0.2, 0.25) is 0 Å². The van der Waals surface area contributed by atoms with Gasteiger partial charge in [-0.15, -0.1) is 11.3 Å². The number of fused-ring (bicyclic) bond motifs is 3. The van der Waals surface area contributed by atoms with Crippen LogP contribution in [0.5, 0.6) is 5.75 Å². The number of rotatable bonds is 9. The van der Waals surface area contributed by atoms with Gasteiger partial charge in [-0.25, -0.2) is 4.98 Å². The second kappa shape index (κ2) is 12.2. The maximum absolute atomic E-state index is 13.5. The SMILES string of the molecule is CCC(O)C#Cc1cc2ncn(-c3ccc(O[C@H]4C[C@H]5CC[C@@H](C4)N5C)c(CCCCC(C)C)c3)c(=O)c2s1. The van der Waals surface area contributed by atoms with Gasteiger partial charge in [-0.05, 0) is 87.7 Å². The van der Waals surface area contributed by atoms with Crippen LogP contribution in [-0.2, 0) is 6.42 Å². The van der Waals surface area contributed by atoms with Gasteiger partial charge in [-0.3, -0.25) is 9.36 Å². The summed E-state index contributed by atoms with van der Waals surface area (Å²) in [5.74, 6) is 7.47. The Kier molecular flexibility index (Phi) is 8.76. The highest BCUT2D eigenvalue weighted by atomic mass is 32.1. The van der Waals surface area contributed by atoms with Gasteiger partial charge in [0.25, 0.3) is 5.56 Å². The minimum absolute atomic E-state index is 0.0968. The summed E-state index contributed by atoms with van der Waals surface area (Å²) < 4.78 is 8.89. The number of aliphatic hydroxyl groups is 1. The maximum Gasteiger partial charge on any atom is 0.275 e. The van der Waals surface area contributed by atoms with Crippen LogP contribution in [0.4, 0.5) is 0 Å². The molecule has 1 unspecified atom stereocenters. The van der Waals surface area contributed by atoms with E-state index in [2.05, 4.69) is 54.8 Å². The molecule has 6 nitrogen and oxygen atoms in total. The number of aryl methyl sites for hydroxylation is 1. The molecule has 39 heavy (non-hydrogen) atoms. The van der Waals surface area contributed by atoms with Crippen molar-refractivity contribution < 1.29 is 9.84 Å². The van der Waals surface area contributed by atoms with E-state index in [1.54, 1.807) is 10.9 Å². The van der Waals surface area contributed by atoms with E-state index >= 15 is 0 Å². The first-order chi connectivity index (χ1) is 18.8. The number of ether oxygens (including phenoxy) is 1. The second-order valence-corrected chi connectivity index (χ2v) is 12.7. The first-order valence-electron chi connectivity index (χ1n) is 14.5. The zero-order valence-corrected chi connectivity index (χ0v) is 24.5. The number of thiophene rings is 1. The third kappa shape index (κ3) is 6.40. The van der Waals surface area contributed by atoms with Crippen molar-refractivity contribution in [2.24, 2.45) is 5.92 Å². The van der Waals surface area contributed by atoms with Crippen LogP contribution in [0.25, 0.3) is 15.9 Å². The number of aromatic nitrogens is 2. The monoisotopic (exact) mass is 547 g/mol. The molecule has 2 saturated heterocycles. The lowest BCUT2D eigenvalue weighted by molar-refractivity contribution is 0.0655. The van der Waals surface area contributed by atoms with Gasteiger partial charge in [0.15, 0.2) is 0 Å². The molecule has 4 atom stereocenters. The van der Waals surface area contributed by atoms with E-state index in [0.717, 1.165) is 42.0 Å². The van der Waals surface area contributed by atoms with E-state index in [1.807, 2.05) is 19.1 Å². The van der Waals surface area contributed by atoms with E-state index in [1.165, 1.54) is 42.6 Å². The Balaban J connectivity index is 1.42. The van der Waals surface area contributed by atoms with Crippen LogP contribution in [-0.4, -0.2) is 50.9 Å². The van der Waals surface area contributed by atoms with E-state index in [9.17, 15) is 9.90 Å². The molecular weight excluding hydrogens is 506 g/mol. The third-order valence-electron chi connectivity index (χ3n) is 8.33. The molecular formula is C32H41N3O3S. The number of hydrogen-bond acceptors (Lipinski definition) is 6. The molecule has 3 aromatic rings. The lowest BCUT2D eigenvalue weighted by Gasteiger charge is -2.36. The van der Waals surface area contributed by atoms with Gasteiger partial charge in [0.05, 0.1) is 16.1 Å². The Morgan fingerprint density at radius 2 is 1.95 bits per heavy atom. The highest BCUT2D eigenvalue weighted by molar-refractivity contribution is 7.19. The second-order valence-electron chi connectivity index (χ2n) is 11.6. The van der Waals surface area contributed by atoms with Crippen molar-refractivity contribution >= 4 is 21.6 Å². The van der Waals surface area contributed by atoms with E-state index < -0.39 is 6.10 Å². The van der Waals surface area contributed by atoms with E-state index in [0.29, 0.717) is 34.6 Å². The van der Waals surface area contributed by atoms with E-state index in [4.69, 9.17) is 4.74 Å². The molecule has 4 heterocycles. The first kappa shape index (κ1) is 27.9. The molecule has 2 aliphatic rings. The summed E-state index contributed by atoms with van der Waals surface area (Å²) in [7, 11) is 2.26. The van der Waals surface area contributed by atoms with Gasteiger partial charge >= 0.3 is 0 Å². The Morgan fingerprint density at radius 3 is 2.67 bits per heavy atom. The molecule has 0 amide bonds. The summed E-state index contributed by atoms with van der Waals surface area (Å²) in [5.41, 5.74) is 2.52. The number of aliphatic hydroxyl groups excluding tert-OH is 1. The highest BCUT2D eigenvalue weighted by Gasteiger charge is 2.39. The van der Waals surface area contributed by atoms with Crippen LogP contribution in [0.2, 0.25) is 0 Å². The van der Waals surface area contributed by atoms with Crippen molar-refractivity contribution in [3.8, 4) is 23.3 Å². The third-order valence-corrected chi connectivity index (χ3v) is 9.36. The van der Waals surface area contributed by atoms with Gasteiger partial charge in [-0.2, -0.15) is 0 Å². The van der Waals surface area contributed by atoms with Crippen LogP contribution >= 0.6 is 11.3 Å². The standard InChI is InChI=1S/C32H41N3O3S/c1-5-26(36)13-14-28-19-29-31(39-28)32(37)35(20-33-29)25-12-15-30(22(16-25)9-7-6-8-21(2)3)38-27-17-23-10-11-24(18-27)34(23)4/h12,15-16,19-21,23-24,26-27,36H,5-11,17-18H2,1-4H3/t23-,24+,26?,27+. The molecule has 2 fully saturated rings. The van der Waals surface area contributed by atoms with Crippen molar-refractivity contribution in [1.82, 2.24) is 14.5 Å². The molecule has 7 heteroatoms. The van der Waals surface area contributed by atoms with Crippen molar-refractivity contribution in [3.05, 3.63) is 51.4 Å². The fourth-order valence-electron chi connectivity index (χ4n) is 5.95. The van der Waals surface area contributed by atoms with E-state index in [-0.39, 0.29) is 11.7 Å². The van der Waals surface area contributed by atoms with Crippen molar-refractivity contribution in [1.29, 1.82) is 0 Å². The van der Waals surface area contributed by atoms with Crippen molar-refractivity contribution in [2.45, 2.75) is 103 Å². The predicted molar refractivity (Wildman–Crippen MR) is 159 cm³/mol. The normalized spacial score (nSPS) is 21.7. The molecule has 0 saturated carbocycles. The Labute approximate surface area is 236 Å². The summed E-state index contributed by atoms with van der Waals surface area (Å²) >= 11 is 1.33. The van der Waals surface area contributed by atoms with Crippen LogP contribution in [0.15, 0.2) is 35.4 Å². The molecule has 2 aliphatic heterocycles. The predicted octanol–water partition coefficient (Wildman–Crippen LogP) is 5.94. The number of hydrogen-bond donors (Lipinski definition) is 1. The quantitative estimate of drug-likeness (QED) is 0.265. The fraction of sp³-hybridized carbons (Fsp3) is 0.562. The Bertz CT molecular complexity index is 1400. The largest absolute Gasteiger partial charge is 0.490 e. The summed E-state index contributed by atoms with van der Waals surface area (Å²) in [5, 5.41) is 9.78. The molecule has 208 valence electrons. The van der Waals surface area contributed by atoms with Gasteiger partial charge in [0, 0.05) is 12.1 Å². The molecule has 1 N–H and O–H groups in total. The zero-order valence-electron chi connectivity index (χ0n) is 23.7. The zero-order chi connectivity index (χ0) is 27.5. The van der Waals surface area contributed by atoms with Crippen molar-refractivity contribution in [2.75, 3.05) is 7.05 Å². The Morgan fingerprint density at radius 1 is 1.18 bits per heavy atom. The minimum atomic E-state index is -0.663. The lowest BCUT2D eigenvalue weighted by atomic mass is 9.99. The topological polar surface area (TPSA) is 67.6 Å². The Hall–Kier alpha value is -2.66. The molecule has 0 aliphatic carbocycles. The molecule has 2 bridgehead atoms. The number of nitrogens with zero attached hydrogens (tertiary/aromatic N) is 3. The average Bonchev–Trinajstić information content (AvgIpc) is 3.42. The van der Waals surface area contributed by atoms with Crippen LogP contribution in [0, 0.1) is 17.8 Å². The van der Waals surface area contributed by atoms with Gasteiger partial charge in [0.1, 0.15) is 29.0 Å². The summed E-state index contributed by atoms with van der Waals surface area (Å²) in [6.07, 6.45) is 10.9. The maximum atomic E-state index is 13.5. The summed E-state index contributed by atoms with van der Waals surface area (Å²) in [6.45, 7) is 6.43. The number of piperidine rings is 1. The van der Waals surface area contributed by atoms with Crippen LogP contribution in [0.1, 0.15) is 82.6 Å². The summed E-state index contributed by atoms with van der Waals surface area (Å²) in [6, 6.07) is 9.25. The highest BCUT2D eigenvalue weighted by Crippen LogP contribution is 2.37. The molecule has 0 radical (unpaired) electrons. The molecule has 1 aromatic carbocycles. The fourth-order valence-corrected chi connectivity index (χ4v) is 6.85. The molecule has 2 aromatic heterocycles. The van der Waals surface area contributed by atoms with Gasteiger partial charge < -0.3 is 14.7 Å².